The van der Waals surface area contributed by atoms with E-state index in [1.54, 1.807) is 0 Å². The molecule has 0 radical (unpaired) electrons. The Balaban J connectivity index is 1.24. The molecule has 2 heterocycles. The zero-order valence-corrected chi connectivity index (χ0v) is 24.3. The first-order valence-electron chi connectivity index (χ1n) is 14.9. The Morgan fingerprint density at radius 3 is 1.26 bits per heavy atom. The van der Waals surface area contributed by atoms with Crippen LogP contribution in [-0.4, -0.2) is 35.4 Å². The van der Waals surface area contributed by atoms with Crippen molar-refractivity contribution in [3.05, 3.63) is 57.7 Å². The lowest BCUT2D eigenvalue weighted by atomic mass is 9.60. The average molecular weight is 571 g/mol. The van der Waals surface area contributed by atoms with Crippen molar-refractivity contribution in [3.8, 4) is 0 Å². The lowest BCUT2D eigenvalue weighted by Gasteiger charge is -2.41. The summed E-state index contributed by atoms with van der Waals surface area (Å²) in [6, 6.07) is 7.69. The maximum Gasteiger partial charge on any atom is 0.322 e. The van der Waals surface area contributed by atoms with Crippen LogP contribution in [0.4, 0.5) is 0 Å². The minimum Gasteiger partial charge on any atom is -0.392 e. The lowest BCUT2D eigenvalue weighted by Crippen LogP contribution is -2.39. The minimum atomic E-state index is -0.870. The molecule has 1 aromatic carbocycles. The number of allylic oxidation sites excluding steroid dienone is 2. The number of hydrogen-bond donors (Lipinski definition) is 0. The van der Waals surface area contributed by atoms with Gasteiger partial charge in [0.15, 0.2) is 11.6 Å². The highest BCUT2D eigenvalue weighted by Gasteiger charge is 2.58. The van der Waals surface area contributed by atoms with Gasteiger partial charge in [-0.05, 0) is 47.6 Å². The van der Waals surface area contributed by atoms with Crippen LogP contribution in [0.25, 0.3) is 0 Å². The minimum absolute atomic E-state index is 0.0698. The summed E-state index contributed by atoms with van der Waals surface area (Å²) in [5.41, 5.74) is 4.09. The van der Waals surface area contributed by atoms with Crippen molar-refractivity contribution in [2.24, 2.45) is 34.5 Å². The maximum absolute atomic E-state index is 13.1. The van der Waals surface area contributed by atoms with Crippen molar-refractivity contribution in [2.75, 3.05) is 0 Å². The molecule has 2 fully saturated rings. The van der Waals surface area contributed by atoms with Gasteiger partial charge in [-0.3, -0.25) is 28.8 Å². The van der Waals surface area contributed by atoms with Crippen LogP contribution in [0.5, 0.6) is 0 Å². The van der Waals surface area contributed by atoms with Gasteiger partial charge in [0.1, 0.15) is 0 Å². The van der Waals surface area contributed by atoms with Crippen LogP contribution >= 0.6 is 0 Å². The molecule has 6 unspecified atom stereocenters. The van der Waals surface area contributed by atoms with E-state index in [9.17, 15) is 28.8 Å². The van der Waals surface area contributed by atoms with Crippen LogP contribution in [-0.2, 0) is 38.2 Å². The van der Waals surface area contributed by atoms with E-state index in [0.29, 0.717) is 49.7 Å². The molecule has 4 aliphatic carbocycles. The number of cyclic esters (lactones) is 4. The number of carbonyl (C=O) groups is 6. The standard InChI is InChI=1S/C34H34O8/c1-33(2)11-17-9-19(25-27(23(17)21(35)13-33)31(39)41-29(25)37)15-5-7-16(8-6-15)20-10-18-12-34(3,4)14-22(36)24(18)28-26(20)30(38)42-32(28)40/h5-8,19-20,25-28H,9-14H2,1-4H3. The van der Waals surface area contributed by atoms with Gasteiger partial charge in [0.05, 0.1) is 23.7 Å². The van der Waals surface area contributed by atoms with Crippen molar-refractivity contribution in [2.45, 2.75) is 78.1 Å². The Hall–Kier alpha value is -3.68. The molecule has 218 valence electrons. The zero-order chi connectivity index (χ0) is 29.9. The van der Waals surface area contributed by atoms with Crippen LogP contribution in [0.1, 0.15) is 89.2 Å². The van der Waals surface area contributed by atoms with Crippen LogP contribution < -0.4 is 0 Å². The lowest BCUT2D eigenvalue weighted by molar-refractivity contribution is -0.155. The zero-order valence-electron chi connectivity index (χ0n) is 24.3. The summed E-state index contributed by atoms with van der Waals surface area (Å²) in [6.07, 6.45) is 3.03. The van der Waals surface area contributed by atoms with Crippen molar-refractivity contribution >= 4 is 35.4 Å². The van der Waals surface area contributed by atoms with E-state index in [0.717, 1.165) is 22.3 Å². The number of ether oxygens (including phenoxy) is 2. The number of carbonyl (C=O) groups excluding carboxylic acids is 6. The molecule has 0 bridgehead atoms. The van der Waals surface area contributed by atoms with Gasteiger partial charge >= 0.3 is 23.9 Å². The number of hydrogen-bond acceptors (Lipinski definition) is 8. The van der Waals surface area contributed by atoms with Gasteiger partial charge in [-0.2, -0.15) is 0 Å². The second-order valence-electron chi connectivity index (χ2n) is 14.7. The van der Waals surface area contributed by atoms with E-state index in [4.69, 9.17) is 9.47 Å². The molecule has 2 aliphatic heterocycles. The molecule has 1 aromatic rings. The third kappa shape index (κ3) is 4.01. The predicted molar refractivity (Wildman–Crippen MR) is 147 cm³/mol. The summed E-state index contributed by atoms with van der Waals surface area (Å²) in [7, 11) is 0. The van der Waals surface area contributed by atoms with Crippen LogP contribution in [0.3, 0.4) is 0 Å². The SMILES string of the molecule is CC1(C)CC(=O)C2=C(CC(c3ccc(C4CC5=C(C(=O)CC(C)(C)C5)C5C(=O)OC(=O)C54)cc3)C3C(=O)OC(=O)C23)C1. The molecule has 0 aromatic heterocycles. The number of rotatable bonds is 2. The Kier molecular flexibility index (Phi) is 5.77. The summed E-state index contributed by atoms with van der Waals surface area (Å²) in [6.45, 7) is 8.17. The summed E-state index contributed by atoms with van der Waals surface area (Å²) >= 11 is 0. The third-order valence-electron chi connectivity index (χ3n) is 10.4. The van der Waals surface area contributed by atoms with Crippen molar-refractivity contribution in [1.29, 1.82) is 0 Å². The fourth-order valence-electron chi connectivity index (χ4n) is 8.92. The van der Waals surface area contributed by atoms with Gasteiger partial charge in [0.25, 0.3) is 0 Å². The molecule has 8 nitrogen and oxygen atoms in total. The number of Topliss-reactive ketones (excluding diaryl/α,β-unsaturated/α-hetero) is 2. The van der Waals surface area contributed by atoms with E-state index in [1.807, 2.05) is 52.0 Å². The highest BCUT2D eigenvalue weighted by Crippen LogP contribution is 2.56. The summed E-state index contributed by atoms with van der Waals surface area (Å²) in [5.74, 6) is -6.50. The fourth-order valence-corrected chi connectivity index (χ4v) is 8.92. The fraction of sp³-hybridized carbons (Fsp3) is 0.529. The molecular formula is C34H34O8. The molecule has 6 atom stereocenters. The Labute approximate surface area is 243 Å². The Morgan fingerprint density at radius 2 is 0.905 bits per heavy atom. The first-order chi connectivity index (χ1) is 19.7. The second-order valence-corrected chi connectivity index (χ2v) is 14.7. The average Bonchev–Trinajstić information content (AvgIpc) is 3.35. The van der Waals surface area contributed by atoms with Crippen molar-refractivity contribution in [1.82, 2.24) is 0 Å². The van der Waals surface area contributed by atoms with Gasteiger partial charge in [0, 0.05) is 35.8 Å². The molecule has 2 saturated heterocycles. The van der Waals surface area contributed by atoms with Gasteiger partial charge in [-0.15, -0.1) is 0 Å². The van der Waals surface area contributed by atoms with E-state index >= 15 is 0 Å². The molecule has 0 N–H and O–H groups in total. The molecule has 42 heavy (non-hydrogen) atoms. The van der Waals surface area contributed by atoms with E-state index < -0.39 is 47.5 Å². The van der Waals surface area contributed by atoms with Crippen molar-refractivity contribution in [3.63, 3.8) is 0 Å². The van der Waals surface area contributed by atoms with E-state index in [1.165, 1.54) is 0 Å². The van der Waals surface area contributed by atoms with E-state index in [-0.39, 0.29) is 34.2 Å². The number of esters is 4. The Morgan fingerprint density at radius 1 is 0.548 bits per heavy atom. The topological polar surface area (TPSA) is 121 Å². The maximum atomic E-state index is 13.1. The van der Waals surface area contributed by atoms with E-state index in [2.05, 4.69) is 0 Å². The predicted octanol–water partition coefficient (Wildman–Crippen LogP) is 4.66. The summed E-state index contributed by atoms with van der Waals surface area (Å²) in [5, 5.41) is 0. The Bertz CT molecular complexity index is 1450. The number of benzene rings is 1. The number of fused-ring (bicyclic) bond motifs is 4. The van der Waals surface area contributed by atoms with Crippen LogP contribution in [0.2, 0.25) is 0 Å². The van der Waals surface area contributed by atoms with Gasteiger partial charge in [-0.25, -0.2) is 0 Å². The van der Waals surface area contributed by atoms with Crippen molar-refractivity contribution < 1.29 is 38.2 Å². The number of ketones is 2. The van der Waals surface area contributed by atoms with Crippen LogP contribution in [0, 0.1) is 34.5 Å². The van der Waals surface area contributed by atoms with Crippen LogP contribution in [0.15, 0.2) is 46.6 Å². The molecule has 0 saturated carbocycles. The smallest absolute Gasteiger partial charge is 0.322 e. The highest BCUT2D eigenvalue weighted by molar-refractivity contribution is 6.10. The monoisotopic (exact) mass is 570 g/mol. The quantitative estimate of drug-likeness (QED) is 0.372. The third-order valence-corrected chi connectivity index (χ3v) is 10.4. The largest absolute Gasteiger partial charge is 0.392 e. The molecule has 8 heteroatoms. The van der Waals surface area contributed by atoms with Gasteiger partial charge in [-0.1, -0.05) is 63.1 Å². The normalized spacial score (nSPS) is 35.0. The first-order valence-corrected chi connectivity index (χ1v) is 14.9. The molecular weight excluding hydrogens is 536 g/mol. The molecule has 0 amide bonds. The molecule has 6 aliphatic rings. The first kappa shape index (κ1) is 27.2. The van der Waals surface area contributed by atoms with Gasteiger partial charge < -0.3 is 9.47 Å². The summed E-state index contributed by atoms with van der Waals surface area (Å²) < 4.78 is 10.2. The molecule has 0 spiro atoms. The molecule has 7 rings (SSSR count). The summed E-state index contributed by atoms with van der Waals surface area (Å²) in [4.78, 5) is 77.8. The van der Waals surface area contributed by atoms with Gasteiger partial charge in [0.2, 0.25) is 0 Å². The second kappa shape index (κ2) is 8.91. The highest BCUT2D eigenvalue weighted by atomic mass is 16.6.